The van der Waals surface area contributed by atoms with Gasteiger partial charge in [-0.1, -0.05) is 6.92 Å². The molecule has 1 fully saturated rings. The van der Waals surface area contributed by atoms with Gasteiger partial charge in [-0.3, -0.25) is 4.90 Å². The summed E-state index contributed by atoms with van der Waals surface area (Å²) in [6, 6.07) is 4.00. The van der Waals surface area contributed by atoms with Crippen LogP contribution in [0.1, 0.15) is 43.7 Å². The van der Waals surface area contributed by atoms with Crippen LogP contribution in [-0.4, -0.2) is 32.8 Å². The molecular formula is C15H22N4O. The summed E-state index contributed by atoms with van der Waals surface area (Å²) in [6.45, 7) is 6.33. The van der Waals surface area contributed by atoms with Gasteiger partial charge in [0.15, 0.2) is 0 Å². The van der Waals surface area contributed by atoms with Crippen molar-refractivity contribution in [2.24, 2.45) is 0 Å². The van der Waals surface area contributed by atoms with E-state index < -0.39 is 0 Å². The number of likely N-dealkylation sites (tertiary alicyclic amines) is 1. The van der Waals surface area contributed by atoms with Gasteiger partial charge in [-0.15, -0.1) is 10.2 Å². The van der Waals surface area contributed by atoms with Crippen LogP contribution in [-0.2, 0) is 13.1 Å². The Labute approximate surface area is 119 Å². The Balaban J connectivity index is 1.56. The highest BCUT2D eigenvalue weighted by atomic mass is 16.3. The molecule has 0 aliphatic carbocycles. The molecule has 0 amide bonds. The van der Waals surface area contributed by atoms with Crippen molar-refractivity contribution in [3.05, 3.63) is 36.3 Å². The van der Waals surface area contributed by atoms with E-state index in [4.69, 9.17) is 4.42 Å². The molecule has 5 heteroatoms. The summed E-state index contributed by atoms with van der Waals surface area (Å²) in [5.41, 5.74) is 0. The summed E-state index contributed by atoms with van der Waals surface area (Å²) in [5, 5.41) is 8.42. The van der Waals surface area contributed by atoms with Crippen molar-refractivity contribution in [1.82, 2.24) is 19.7 Å². The molecule has 3 rings (SSSR count). The minimum atomic E-state index is 0.553. The lowest BCUT2D eigenvalue weighted by molar-refractivity contribution is 0.187. The van der Waals surface area contributed by atoms with Gasteiger partial charge in [0.25, 0.3) is 0 Å². The van der Waals surface area contributed by atoms with Crippen LogP contribution < -0.4 is 0 Å². The molecule has 2 aromatic heterocycles. The maximum absolute atomic E-state index is 5.42. The molecule has 0 radical (unpaired) electrons. The number of furan rings is 1. The normalized spacial score (nSPS) is 17.6. The predicted octanol–water partition coefficient (Wildman–Crippen LogP) is 2.66. The summed E-state index contributed by atoms with van der Waals surface area (Å²) in [5.74, 6) is 2.78. The number of hydrogen-bond donors (Lipinski definition) is 0. The van der Waals surface area contributed by atoms with Gasteiger partial charge in [0.05, 0.1) is 12.8 Å². The van der Waals surface area contributed by atoms with Crippen molar-refractivity contribution < 1.29 is 4.42 Å². The van der Waals surface area contributed by atoms with E-state index >= 15 is 0 Å². The van der Waals surface area contributed by atoms with Crippen molar-refractivity contribution in [2.75, 3.05) is 13.1 Å². The third-order valence-electron chi connectivity index (χ3n) is 4.02. The van der Waals surface area contributed by atoms with Crippen LogP contribution in [0, 0.1) is 0 Å². The van der Waals surface area contributed by atoms with Crippen molar-refractivity contribution in [2.45, 2.75) is 45.2 Å². The summed E-state index contributed by atoms with van der Waals surface area (Å²) in [4.78, 5) is 2.45. The van der Waals surface area contributed by atoms with E-state index in [1.807, 2.05) is 18.5 Å². The number of piperidine rings is 1. The zero-order valence-electron chi connectivity index (χ0n) is 12.0. The molecule has 1 aliphatic heterocycles. The lowest BCUT2D eigenvalue weighted by atomic mass is 9.96. The Hall–Kier alpha value is -1.62. The fourth-order valence-corrected chi connectivity index (χ4v) is 2.97. The molecule has 0 spiro atoms. The number of nitrogens with zero attached hydrogens (tertiary/aromatic N) is 4. The van der Waals surface area contributed by atoms with Gasteiger partial charge < -0.3 is 8.98 Å². The van der Waals surface area contributed by atoms with Gasteiger partial charge in [0, 0.05) is 12.5 Å². The maximum Gasteiger partial charge on any atom is 0.136 e. The van der Waals surface area contributed by atoms with Gasteiger partial charge >= 0.3 is 0 Å². The van der Waals surface area contributed by atoms with E-state index in [1.54, 1.807) is 6.26 Å². The van der Waals surface area contributed by atoms with Crippen LogP contribution >= 0.6 is 0 Å². The zero-order chi connectivity index (χ0) is 13.8. The number of rotatable bonds is 5. The fraction of sp³-hybridized carbons (Fsp3) is 0.600. The summed E-state index contributed by atoms with van der Waals surface area (Å²) >= 11 is 0. The Morgan fingerprint density at radius 3 is 2.90 bits per heavy atom. The predicted molar refractivity (Wildman–Crippen MR) is 76.3 cm³/mol. The maximum atomic E-state index is 5.42. The Morgan fingerprint density at radius 2 is 2.20 bits per heavy atom. The highest BCUT2D eigenvalue weighted by Gasteiger charge is 2.24. The van der Waals surface area contributed by atoms with Crippen molar-refractivity contribution >= 4 is 0 Å². The fourth-order valence-electron chi connectivity index (χ4n) is 2.97. The topological polar surface area (TPSA) is 47.1 Å². The minimum Gasteiger partial charge on any atom is -0.468 e. The van der Waals surface area contributed by atoms with Crippen LogP contribution in [0.5, 0.6) is 0 Å². The molecule has 0 bridgehead atoms. The highest BCUT2D eigenvalue weighted by Crippen LogP contribution is 2.27. The van der Waals surface area contributed by atoms with Crippen molar-refractivity contribution in [1.29, 1.82) is 0 Å². The molecule has 0 saturated carbocycles. The second-order valence-electron chi connectivity index (χ2n) is 5.51. The minimum absolute atomic E-state index is 0.553. The third-order valence-corrected chi connectivity index (χ3v) is 4.02. The molecule has 0 atom stereocenters. The molecule has 1 saturated heterocycles. The standard InChI is InChI=1S/C15H22N4O/c1-2-7-19-12-16-17-15(19)13-5-8-18(9-6-13)11-14-4-3-10-20-14/h3-4,10,12-13H,2,5-9,11H2,1H3. The monoisotopic (exact) mass is 274 g/mol. The zero-order valence-corrected chi connectivity index (χ0v) is 12.0. The summed E-state index contributed by atoms with van der Waals surface area (Å²) < 4.78 is 7.63. The molecule has 5 nitrogen and oxygen atoms in total. The van der Waals surface area contributed by atoms with Crippen LogP contribution in [0.25, 0.3) is 0 Å². The van der Waals surface area contributed by atoms with E-state index in [0.29, 0.717) is 5.92 Å². The quantitative estimate of drug-likeness (QED) is 0.841. The second-order valence-corrected chi connectivity index (χ2v) is 5.51. The van der Waals surface area contributed by atoms with Crippen LogP contribution in [0.3, 0.4) is 0 Å². The first-order chi connectivity index (χ1) is 9.86. The molecule has 20 heavy (non-hydrogen) atoms. The van der Waals surface area contributed by atoms with Crippen LogP contribution in [0.4, 0.5) is 0 Å². The van der Waals surface area contributed by atoms with Crippen LogP contribution in [0.15, 0.2) is 29.1 Å². The Bertz CT molecular complexity index is 512. The van der Waals surface area contributed by atoms with E-state index in [9.17, 15) is 0 Å². The van der Waals surface area contributed by atoms with E-state index in [2.05, 4.69) is 26.6 Å². The average molecular weight is 274 g/mol. The van der Waals surface area contributed by atoms with Crippen molar-refractivity contribution in [3.8, 4) is 0 Å². The molecule has 3 heterocycles. The molecule has 0 unspecified atom stereocenters. The molecule has 108 valence electrons. The van der Waals surface area contributed by atoms with Crippen molar-refractivity contribution in [3.63, 3.8) is 0 Å². The number of aryl methyl sites for hydroxylation is 1. The Morgan fingerprint density at radius 1 is 1.35 bits per heavy atom. The molecule has 0 N–H and O–H groups in total. The van der Waals surface area contributed by atoms with E-state index in [1.165, 1.54) is 5.82 Å². The first kappa shape index (κ1) is 13.4. The van der Waals surface area contributed by atoms with Gasteiger partial charge in [0.2, 0.25) is 0 Å². The van der Waals surface area contributed by atoms with Gasteiger partial charge in [-0.2, -0.15) is 0 Å². The second kappa shape index (κ2) is 6.22. The first-order valence-electron chi connectivity index (χ1n) is 7.49. The first-order valence-corrected chi connectivity index (χ1v) is 7.49. The average Bonchev–Trinajstić information content (AvgIpc) is 3.12. The van der Waals surface area contributed by atoms with Gasteiger partial charge in [-0.25, -0.2) is 0 Å². The molecular weight excluding hydrogens is 252 g/mol. The van der Waals surface area contributed by atoms with E-state index in [-0.39, 0.29) is 0 Å². The summed E-state index contributed by atoms with van der Waals surface area (Å²) in [6.07, 6.45) is 7.05. The van der Waals surface area contributed by atoms with Crippen LogP contribution in [0.2, 0.25) is 0 Å². The van der Waals surface area contributed by atoms with Gasteiger partial charge in [-0.05, 0) is 44.5 Å². The lowest BCUT2D eigenvalue weighted by Gasteiger charge is -2.30. The third kappa shape index (κ3) is 2.93. The number of aromatic nitrogens is 3. The SMILES string of the molecule is CCCn1cnnc1C1CCN(Cc2ccco2)CC1. The smallest absolute Gasteiger partial charge is 0.136 e. The summed E-state index contributed by atoms with van der Waals surface area (Å²) in [7, 11) is 0. The molecule has 1 aliphatic rings. The number of hydrogen-bond acceptors (Lipinski definition) is 4. The lowest BCUT2D eigenvalue weighted by Crippen LogP contribution is -2.33. The van der Waals surface area contributed by atoms with E-state index in [0.717, 1.165) is 51.2 Å². The Kier molecular flexibility index (Phi) is 4.16. The molecule has 0 aromatic carbocycles. The highest BCUT2D eigenvalue weighted by molar-refractivity contribution is 5.01. The van der Waals surface area contributed by atoms with Gasteiger partial charge in [0.1, 0.15) is 17.9 Å². The molecule has 2 aromatic rings. The largest absolute Gasteiger partial charge is 0.468 e.